The summed E-state index contributed by atoms with van der Waals surface area (Å²) in [7, 11) is 0. The summed E-state index contributed by atoms with van der Waals surface area (Å²) in [5, 5.41) is 7.75. The summed E-state index contributed by atoms with van der Waals surface area (Å²) in [5.74, 6) is 0.532. The van der Waals surface area contributed by atoms with Gasteiger partial charge in [-0.3, -0.25) is 4.79 Å². The molecule has 4 nitrogen and oxygen atoms in total. The van der Waals surface area contributed by atoms with E-state index in [1.54, 1.807) is 28.9 Å². The minimum atomic E-state index is -0.181. The van der Waals surface area contributed by atoms with Crippen molar-refractivity contribution in [3.05, 3.63) is 46.6 Å². The summed E-state index contributed by atoms with van der Waals surface area (Å²) in [6, 6.07) is 8.73. The number of halogens is 1. The second-order valence-electron chi connectivity index (χ2n) is 4.36. The molecule has 1 aromatic carbocycles. The van der Waals surface area contributed by atoms with E-state index in [-0.39, 0.29) is 5.91 Å². The lowest BCUT2D eigenvalue weighted by molar-refractivity contribution is 0.102. The zero-order valence-electron chi connectivity index (χ0n) is 11.0. The highest BCUT2D eigenvalue weighted by atomic mass is 35.5. The Kier molecular flexibility index (Phi) is 4.22. The number of hydrogen-bond donors (Lipinski definition) is 1. The fourth-order valence-electron chi connectivity index (χ4n) is 1.85. The van der Waals surface area contributed by atoms with E-state index in [4.69, 9.17) is 11.6 Å². The van der Waals surface area contributed by atoms with E-state index in [2.05, 4.69) is 17.3 Å². The van der Waals surface area contributed by atoms with Crippen LogP contribution in [-0.2, 0) is 6.54 Å². The van der Waals surface area contributed by atoms with Crippen molar-refractivity contribution in [2.45, 2.75) is 26.8 Å². The first-order valence-corrected chi connectivity index (χ1v) is 6.59. The monoisotopic (exact) mass is 277 g/mol. The second-order valence-corrected chi connectivity index (χ2v) is 4.80. The Morgan fingerprint density at radius 2 is 2.21 bits per heavy atom. The molecule has 0 aliphatic rings. The van der Waals surface area contributed by atoms with Gasteiger partial charge in [-0.1, -0.05) is 24.6 Å². The molecule has 0 radical (unpaired) electrons. The van der Waals surface area contributed by atoms with E-state index in [1.807, 2.05) is 13.0 Å². The predicted molar refractivity (Wildman–Crippen MR) is 76.7 cm³/mol. The second kappa shape index (κ2) is 5.89. The van der Waals surface area contributed by atoms with Gasteiger partial charge in [-0.15, -0.1) is 0 Å². The standard InChI is InChI=1S/C14H16ClN3O/c1-3-7-18-13(8-10(2)17-18)16-14(19)11-5-4-6-12(15)9-11/h4-6,8-9H,3,7H2,1-2H3,(H,16,19). The van der Waals surface area contributed by atoms with Crippen molar-refractivity contribution in [2.75, 3.05) is 5.32 Å². The predicted octanol–water partition coefficient (Wildman–Crippen LogP) is 3.51. The van der Waals surface area contributed by atoms with Crippen molar-refractivity contribution < 1.29 is 4.79 Å². The third-order valence-electron chi connectivity index (χ3n) is 2.67. The van der Waals surface area contributed by atoms with Gasteiger partial charge in [-0.2, -0.15) is 5.10 Å². The van der Waals surface area contributed by atoms with Gasteiger partial charge in [0.25, 0.3) is 5.91 Å². The average Bonchev–Trinajstić information content (AvgIpc) is 2.70. The van der Waals surface area contributed by atoms with Crippen molar-refractivity contribution in [1.82, 2.24) is 9.78 Å². The zero-order valence-corrected chi connectivity index (χ0v) is 11.7. The van der Waals surface area contributed by atoms with Gasteiger partial charge in [-0.25, -0.2) is 4.68 Å². The van der Waals surface area contributed by atoms with Crippen LogP contribution in [-0.4, -0.2) is 15.7 Å². The molecule has 2 rings (SSSR count). The van der Waals surface area contributed by atoms with Gasteiger partial charge in [0.1, 0.15) is 5.82 Å². The molecule has 1 amide bonds. The van der Waals surface area contributed by atoms with E-state index < -0.39 is 0 Å². The minimum Gasteiger partial charge on any atom is -0.307 e. The number of carbonyl (C=O) groups excluding carboxylic acids is 1. The molecule has 1 aromatic heterocycles. The van der Waals surface area contributed by atoms with Gasteiger partial charge in [0.15, 0.2) is 0 Å². The lowest BCUT2D eigenvalue weighted by Crippen LogP contribution is -2.15. The summed E-state index contributed by atoms with van der Waals surface area (Å²) in [6.07, 6.45) is 0.959. The van der Waals surface area contributed by atoms with Crippen LogP contribution in [0.2, 0.25) is 5.02 Å². The Hall–Kier alpha value is -1.81. The van der Waals surface area contributed by atoms with Crippen LogP contribution in [0.5, 0.6) is 0 Å². The van der Waals surface area contributed by atoms with Gasteiger partial charge in [0.2, 0.25) is 0 Å². The molecule has 1 N–H and O–H groups in total. The fourth-order valence-corrected chi connectivity index (χ4v) is 2.04. The van der Waals surface area contributed by atoms with Crippen LogP contribution in [0.15, 0.2) is 30.3 Å². The van der Waals surface area contributed by atoms with Gasteiger partial charge < -0.3 is 5.32 Å². The van der Waals surface area contributed by atoms with Crippen molar-refractivity contribution in [2.24, 2.45) is 0 Å². The molecule has 0 spiro atoms. The molecular weight excluding hydrogens is 262 g/mol. The normalized spacial score (nSPS) is 10.5. The topological polar surface area (TPSA) is 46.9 Å². The molecule has 1 heterocycles. The number of aryl methyl sites for hydroxylation is 2. The van der Waals surface area contributed by atoms with E-state index in [1.165, 1.54) is 0 Å². The molecule has 0 unspecified atom stereocenters. The molecule has 100 valence electrons. The molecule has 0 fully saturated rings. The molecule has 5 heteroatoms. The number of anilines is 1. The van der Waals surface area contributed by atoms with Crippen LogP contribution < -0.4 is 5.32 Å². The van der Waals surface area contributed by atoms with E-state index in [0.29, 0.717) is 16.4 Å². The zero-order chi connectivity index (χ0) is 13.8. The number of aromatic nitrogens is 2. The van der Waals surface area contributed by atoms with Crippen LogP contribution in [0.4, 0.5) is 5.82 Å². The Balaban J connectivity index is 2.19. The highest BCUT2D eigenvalue weighted by Gasteiger charge is 2.10. The van der Waals surface area contributed by atoms with Crippen LogP contribution in [0.1, 0.15) is 29.4 Å². The number of hydrogen-bond acceptors (Lipinski definition) is 2. The van der Waals surface area contributed by atoms with Crippen molar-refractivity contribution in [3.63, 3.8) is 0 Å². The molecule has 0 aliphatic carbocycles. The Morgan fingerprint density at radius 3 is 2.89 bits per heavy atom. The number of rotatable bonds is 4. The number of carbonyl (C=O) groups is 1. The third kappa shape index (κ3) is 3.35. The van der Waals surface area contributed by atoms with Gasteiger partial charge in [0, 0.05) is 23.2 Å². The molecule has 0 atom stereocenters. The smallest absolute Gasteiger partial charge is 0.256 e. The fraction of sp³-hybridized carbons (Fsp3) is 0.286. The molecule has 0 saturated heterocycles. The van der Waals surface area contributed by atoms with E-state index in [9.17, 15) is 4.79 Å². The summed E-state index contributed by atoms with van der Waals surface area (Å²) >= 11 is 5.88. The van der Waals surface area contributed by atoms with Crippen LogP contribution in [0, 0.1) is 6.92 Å². The lowest BCUT2D eigenvalue weighted by Gasteiger charge is -2.08. The number of benzene rings is 1. The van der Waals surface area contributed by atoms with Gasteiger partial charge in [-0.05, 0) is 31.5 Å². The Morgan fingerprint density at radius 1 is 1.42 bits per heavy atom. The summed E-state index contributed by atoms with van der Waals surface area (Å²) in [5.41, 5.74) is 1.42. The first kappa shape index (κ1) is 13.6. The largest absolute Gasteiger partial charge is 0.307 e. The molecule has 0 aliphatic heterocycles. The quantitative estimate of drug-likeness (QED) is 0.930. The van der Waals surface area contributed by atoms with Crippen LogP contribution in [0.3, 0.4) is 0 Å². The number of nitrogens with zero attached hydrogens (tertiary/aromatic N) is 2. The Bertz CT molecular complexity index is 592. The van der Waals surface area contributed by atoms with Gasteiger partial charge >= 0.3 is 0 Å². The summed E-state index contributed by atoms with van der Waals surface area (Å²) in [4.78, 5) is 12.1. The lowest BCUT2D eigenvalue weighted by atomic mass is 10.2. The minimum absolute atomic E-state index is 0.181. The molecular formula is C14H16ClN3O. The average molecular weight is 278 g/mol. The SMILES string of the molecule is CCCn1nc(C)cc1NC(=O)c1cccc(Cl)c1. The maximum Gasteiger partial charge on any atom is 0.256 e. The third-order valence-corrected chi connectivity index (χ3v) is 2.90. The molecule has 0 bridgehead atoms. The van der Waals surface area contributed by atoms with Crippen molar-refractivity contribution in [1.29, 1.82) is 0 Å². The Labute approximate surface area is 117 Å². The maximum absolute atomic E-state index is 12.1. The first-order chi connectivity index (χ1) is 9.10. The van der Waals surface area contributed by atoms with E-state index >= 15 is 0 Å². The summed E-state index contributed by atoms with van der Waals surface area (Å²) in [6.45, 7) is 4.75. The maximum atomic E-state index is 12.1. The van der Waals surface area contributed by atoms with Crippen LogP contribution in [0.25, 0.3) is 0 Å². The summed E-state index contributed by atoms with van der Waals surface area (Å²) < 4.78 is 1.80. The number of amides is 1. The number of nitrogens with one attached hydrogen (secondary N) is 1. The first-order valence-electron chi connectivity index (χ1n) is 6.21. The molecule has 0 saturated carbocycles. The molecule has 2 aromatic rings. The molecule has 19 heavy (non-hydrogen) atoms. The van der Waals surface area contributed by atoms with Crippen LogP contribution >= 0.6 is 11.6 Å². The van der Waals surface area contributed by atoms with E-state index in [0.717, 1.165) is 18.7 Å². The van der Waals surface area contributed by atoms with Crippen molar-refractivity contribution in [3.8, 4) is 0 Å². The highest BCUT2D eigenvalue weighted by Crippen LogP contribution is 2.15. The highest BCUT2D eigenvalue weighted by molar-refractivity contribution is 6.31. The van der Waals surface area contributed by atoms with Gasteiger partial charge in [0.05, 0.1) is 5.69 Å². The van der Waals surface area contributed by atoms with Crippen molar-refractivity contribution >= 4 is 23.3 Å².